The summed E-state index contributed by atoms with van der Waals surface area (Å²) in [7, 11) is 0. The zero-order valence-corrected chi connectivity index (χ0v) is 12.7. The van der Waals surface area contributed by atoms with E-state index >= 15 is 0 Å². The fourth-order valence-corrected chi connectivity index (χ4v) is 3.20. The molecule has 1 aliphatic carbocycles. The summed E-state index contributed by atoms with van der Waals surface area (Å²) >= 11 is 6.11. The van der Waals surface area contributed by atoms with Gasteiger partial charge in [0.05, 0.1) is 5.41 Å². The van der Waals surface area contributed by atoms with Gasteiger partial charge in [-0.05, 0) is 37.5 Å². The first kappa shape index (κ1) is 15.3. The second-order valence-electron chi connectivity index (χ2n) is 5.76. The summed E-state index contributed by atoms with van der Waals surface area (Å²) < 4.78 is 0. The molecule has 1 amide bonds. The Balaban J connectivity index is 2.32. The number of nitrogens with one attached hydrogen (secondary N) is 1. The predicted molar refractivity (Wildman–Crippen MR) is 82.9 cm³/mol. The molecule has 3 nitrogen and oxygen atoms in total. The Bertz CT molecular complexity index is 469. The topological polar surface area (TPSA) is 55.1 Å². The van der Waals surface area contributed by atoms with E-state index in [1.54, 1.807) is 0 Å². The minimum atomic E-state index is -0.438. The maximum Gasteiger partial charge on any atom is 0.230 e. The molecule has 0 spiro atoms. The van der Waals surface area contributed by atoms with Gasteiger partial charge in [-0.25, -0.2) is 0 Å². The van der Waals surface area contributed by atoms with Gasteiger partial charge in [-0.3, -0.25) is 4.79 Å². The highest BCUT2D eigenvalue weighted by molar-refractivity contribution is 6.30. The van der Waals surface area contributed by atoms with Gasteiger partial charge >= 0.3 is 0 Å². The number of hydrogen-bond acceptors (Lipinski definition) is 2. The molecule has 0 aliphatic heterocycles. The van der Waals surface area contributed by atoms with Gasteiger partial charge in [0.1, 0.15) is 0 Å². The van der Waals surface area contributed by atoms with Crippen LogP contribution in [0.25, 0.3) is 0 Å². The zero-order chi connectivity index (χ0) is 14.6. The first-order chi connectivity index (χ1) is 9.58. The van der Waals surface area contributed by atoms with E-state index in [-0.39, 0.29) is 11.9 Å². The van der Waals surface area contributed by atoms with Gasteiger partial charge in [0, 0.05) is 17.6 Å². The van der Waals surface area contributed by atoms with Crippen LogP contribution in [0.2, 0.25) is 5.02 Å². The summed E-state index contributed by atoms with van der Waals surface area (Å²) in [6.07, 6.45) is 5.13. The number of carbonyl (C=O) groups is 1. The van der Waals surface area contributed by atoms with E-state index < -0.39 is 5.41 Å². The average Bonchev–Trinajstić information content (AvgIpc) is 2.47. The fraction of sp³-hybridized carbons (Fsp3) is 0.562. The molecule has 1 aromatic carbocycles. The third-order valence-electron chi connectivity index (χ3n) is 4.25. The number of benzene rings is 1. The van der Waals surface area contributed by atoms with Crippen molar-refractivity contribution in [3.63, 3.8) is 0 Å². The van der Waals surface area contributed by atoms with Crippen molar-refractivity contribution in [3.05, 3.63) is 34.9 Å². The molecule has 0 aromatic heterocycles. The second kappa shape index (κ2) is 6.59. The Labute approximate surface area is 125 Å². The predicted octanol–water partition coefficient (Wildman–Crippen LogP) is 3.01. The third kappa shape index (κ3) is 3.15. The Morgan fingerprint density at radius 3 is 2.70 bits per heavy atom. The number of rotatable bonds is 4. The lowest BCUT2D eigenvalue weighted by atomic mass is 9.68. The van der Waals surface area contributed by atoms with Crippen LogP contribution in [-0.2, 0) is 10.2 Å². The smallest absolute Gasteiger partial charge is 0.230 e. The summed E-state index contributed by atoms with van der Waals surface area (Å²) in [4.78, 5) is 12.8. The van der Waals surface area contributed by atoms with Crippen molar-refractivity contribution in [1.29, 1.82) is 0 Å². The molecule has 0 radical (unpaired) electrons. The van der Waals surface area contributed by atoms with Crippen LogP contribution in [0.1, 0.15) is 44.6 Å². The maximum absolute atomic E-state index is 12.8. The van der Waals surface area contributed by atoms with Crippen LogP contribution in [0.5, 0.6) is 0 Å². The van der Waals surface area contributed by atoms with Crippen molar-refractivity contribution in [2.75, 3.05) is 6.54 Å². The minimum Gasteiger partial charge on any atom is -0.352 e. The van der Waals surface area contributed by atoms with Crippen LogP contribution >= 0.6 is 11.6 Å². The van der Waals surface area contributed by atoms with Crippen molar-refractivity contribution >= 4 is 17.5 Å². The van der Waals surface area contributed by atoms with Crippen LogP contribution in [-0.4, -0.2) is 18.5 Å². The van der Waals surface area contributed by atoms with E-state index in [0.717, 1.165) is 31.2 Å². The lowest BCUT2D eigenvalue weighted by Gasteiger charge is -2.37. The van der Waals surface area contributed by atoms with E-state index in [1.165, 1.54) is 6.42 Å². The third-order valence-corrected chi connectivity index (χ3v) is 4.49. The van der Waals surface area contributed by atoms with Crippen LogP contribution in [0, 0.1) is 0 Å². The molecule has 0 unspecified atom stereocenters. The molecule has 0 bridgehead atoms. The highest BCUT2D eigenvalue weighted by atomic mass is 35.5. The number of halogens is 1. The van der Waals surface area contributed by atoms with E-state index in [4.69, 9.17) is 17.3 Å². The monoisotopic (exact) mass is 294 g/mol. The molecule has 4 heteroatoms. The molecular formula is C16H23ClN2O. The Morgan fingerprint density at radius 1 is 1.40 bits per heavy atom. The summed E-state index contributed by atoms with van der Waals surface area (Å²) in [5, 5.41) is 3.74. The van der Waals surface area contributed by atoms with Crippen LogP contribution in [0.15, 0.2) is 24.3 Å². The molecule has 3 N–H and O–H groups in total. The van der Waals surface area contributed by atoms with Crippen molar-refractivity contribution in [1.82, 2.24) is 5.32 Å². The highest BCUT2D eigenvalue weighted by Gasteiger charge is 2.41. The van der Waals surface area contributed by atoms with Crippen molar-refractivity contribution in [2.45, 2.75) is 50.5 Å². The average molecular weight is 295 g/mol. The van der Waals surface area contributed by atoms with Crippen LogP contribution in [0.4, 0.5) is 0 Å². The van der Waals surface area contributed by atoms with Crippen molar-refractivity contribution in [3.8, 4) is 0 Å². The molecule has 1 atom stereocenters. The van der Waals surface area contributed by atoms with Crippen molar-refractivity contribution in [2.24, 2.45) is 5.73 Å². The Hall–Kier alpha value is -1.06. The lowest BCUT2D eigenvalue weighted by Crippen LogP contribution is -2.50. The summed E-state index contributed by atoms with van der Waals surface area (Å²) in [5.41, 5.74) is 6.22. The summed E-state index contributed by atoms with van der Waals surface area (Å²) in [6, 6.07) is 7.72. The number of hydrogen-bond donors (Lipinski definition) is 2. The normalized spacial score (nSPS) is 19.4. The molecule has 20 heavy (non-hydrogen) atoms. The summed E-state index contributed by atoms with van der Waals surface area (Å²) in [6.45, 7) is 2.39. The fourth-order valence-electron chi connectivity index (χ4n) is 3.01. The first-order valence-electron chi connectivity index (χ1n) is 7.35. The quantitative estimate of drug-likeness (QED) is 0.897. The van der Waals surface area contributed by atoms with Crippen LogP contribution < -0.4 is 11.1 Å². The SMILES string of the molecule is C[C@@H](CN)NC(=O)C1(c2cccc(Cl)c2)CCCCC1. The lowest BCUT2D eigenvalue weighted by molar-refractivity contribution is -0.128. The standard InChI is InChI=1S/C16H23ClN2O/c1-12(11-18)19-15(20)16(8-3-2-4-9-16)13-6-5-7-14(17)10-13/h5-7,10,12H,2-4,8-9,11,18H2,1H3,(H,19,20)/t12-/m0/s1. The molecule has 0 heterocycles. The van der Waals surface area contributed by atoms with Gasteiger partial charge in [0.2, 0.25) is 5.91 Å². The van der Waals surface area contributed by atoms with Gasteiger partial charge in [-0.1, -0.05) is 43.0 Å². The number of amides is 1. The van der Waals surface area contributed by atoms with Gasteiger partial charge in [-0.15, -0.1) is 0 Å². The second-order valence-corrected chi connectivity index (χ2v) is 6.20. The Morgan fingerprint density at radius 2 is 2.10 bits per heavy atom. The molecule has 0 saturated heterocycles. The molecule has 1 saturated carbocycles. The molecule has 110 valence electrons. The molecule has 1 aliphatic rings. The Kier molecular flexibility index (Phi) is 5.06. The highest BCUT2D eigenvalue weighted by Crippen LogP contribution is 2.40. The van der Waals surface area contributed by atoms with E-state index in [1.807, 2.05) is 31.2 Å². The number of nitrogens with two attached hydrogens (primary N) is 1. The van der Waals surface area contributed by atoms with Gasteiger partial charge in [-0.2, -0.15) is 0 Å². The number of carbonyl (C=O) groups excluding carboxylic acids is 1. The van der Waals surface area contributed by atoms with Crippen molar-refractivity contribution < 1.29 is 4.79 Å². The van der Waals surface area contributed by atoms with Crippen LogP contribution in [0.3, 0.4) is 0 Å². The summed E-state index contributed by atoms with van der Waals surface area (Å²) in [5.74, 6) is 0.0948. The van der Waals surface area contributed by atoms with E-state index in [2.05, 4.69) is 5.32 Å². The molecule has 1 fully saturated rings. The van der Waals surface area contributed by atoms with Gasteiger partial charge in [0.25, 0.3) is 0 Å². The largest absolute Gasteiger partial charge is 0.352 e. The van der Waals surface area contributed by atoms with E-state index in [0.29, 0.717) is 11.6 Å². The maximum atomic E-state index is 12.8. The molecule has 1 aromatic rings. The minimum absolute atomic E-state index is 0.000450. The van der Waals surface area contributed by atoms with Gasteiger partial charge < -0.3 is 11.1 Å². The van der Waals surface area contributed by atoms with E-state index in [9.17, 15) is 4.79 Å². The van der Waals surface area contributed by atoms with Gasteiger partial charge in [0.15, 0.2) is 0 Å². The molecule has 2 rings (SSSR count). The zero-order valence-electron chi connectivity index (χ0n) is 12.0. The molecular weight excluding hydrogens is 272 g/mol. The first-order valence-corrected chi connectivity index (χ1v) is 7.73.